The van der Waals surface area contributed by atoms with E-state index in [1.165, 1.54) is 0 Å². The SMILES string of the molecule is CSc1ccc([C@@H](C)NC(=O)c2cc(F)cc(F)c2)cc1. The Morgan fingerprint density at radius 2 is 1.67 bits per heavy atom. The Balaban J connectivity index is 2.10. The lowest BCUT2D eigenvalue weighted by Gasteiger charge is -2.15. The van der Waals surface area contributed by atoms with Crippen molar-refractivity contribution < 1.29 is 13.6 Å². The summed E-state index contributed by atoms with van der Waals surface area (Å²) in [6, 6.07) is 10.3. The molecule has 1 N–H and O–H groups in total. The van der Waals surface area contributed by atoms with Crippen LogP contribution < -0.4 is 5.32 Å². The Labute approximate surface area is 126 Å². The molecule has 0 radical (unpaired) electrons. The third-order valence-corrected chi connectivity index (χ3v) is 3.83. The maximum absolute atomic E-state index is 13.1. The van der Waals surface area contributed by atoms with E-state index in [2.05, 4.69) is 5.32 Å². The van der Waals surface area contributed by atoms with Gasteiger partial charge >= 0.3 is 0 Å². The summed E-state index contributed by atoms with van der Waals surface area (Å²) in [6.45, 7) is 1.82. The number of nitrogens with one attached hydrogen (secondary N) is 1. The first-order valence-corrected chi connectivity index (χ1v) is 7.63. The van der Waals surface area contributed by atoms with Gasteiger partial charge < -0.3 is 5.32 Å². The molecule has 0 saturated heterocycles. The molecule has 0 bridgehead atoms. The highest BCUT2D eigenvalue weighted by atomic mass is 32.2. The first-order chi connectivity index (χ1) is 9.99. The van der Waals surface area contributed by atoms with Gasteiger partial charge in [0.2, 0.25) is 0 Å². The normalized spacial score (nSPS) is 12.0. The van der Waals surface area contributed by atoms with Gasteiger partial charge in [-0.3, -0.25) is 4.79 Å². The minimum absolute atomic E-state index is 0.0277. The molecule has 0 heterocycles. The molecule has 0 fully saturated rings. The van der Waals surface area contributed by atoms with Gasteiger partial charge in [0.25, 0.3) is 5.91 Å². The van der Waals surface area contributed by atoms with Crippen molar-refractivity contribution in [2.45, 2.75) is 17.9 Å². The van der Waals surface area contributed by atoms with Gasteiger partial charge in [-0.25, -0.2) is 8.78 Å². The predicted octanol–water partition coefficient (Wildman–Crippen LogP) is 4.18. The van der Waals surface area contributed by atoms with Crippen molar-refractivity contribution in [3.05, 3.63) is 65.2 Å². The number of thioether (sulfide) groups is 1. The fourth-order valence-electron chi connectivity index (χ4n) is 1.94. The second-order valence-electron chi connectivity index (χ2n) is 4.63. The number of benzene rings is 2. The average molecular weight is 307 g/mol. The van der Waals surface area contributed by atoms with E-state index >= 15 is 0 Å². The summed E-state index contributed by atoms with van der Waals surface area (Å²) in [6.07, 6.45) is 1.98. The highest BCUT2D eigenvalue weighted by molar-refractivity contribution is 7.98. The van der Waals surface area contributed by atoms with Crippen molar-refractivity contribution in [3.8, 4) is 0 Å². The molecule has 0 aliphatic carbocycles. The quantitative estimate of drug-likeness (QED) is 0.859. The van der Waals surface area contributed by atoms with E-state index in [4.69, 9.17) is 0 Å². The molecular formula is C16H15F2NOS. The van der Waals surface area contributed by atoms with Gasteiger partial charge in [0, 0.05) is 16.5 Å². The van der Waals surface area contributed by atoms with E-state index in [-0.39, 0.29) is 11.6 Å². The van der Waals surface area contributed by atoms with Crippen LogP contribution in [-0.2, 0) is 0 Å². The summed E-state index contributed by atoms with van der Waals surface area (Å²) in [5.74, 6) is -2.04. The summed E-state index contributed by atoms with van der Waals surface area (Å²) >= 11 is 1.63. The van der Waals surface area contributed by atoms with Gasteiger partial charge in [0.05, 0.1) is 6.04 Å². The first-order valence-electron chi connectivity index (χ1n) is 6.40. The van der Waals surface area contributed by atoms with Crippen LogP contribution in [0, 0.1) is 11.6 Å². The Kier molecular flexibility index (Phi) is 4.96. The number of hydrogen-bond acceptors (Lipinski definition) is 2. The van der Waals surface area contributed by atoms with Crippen molar-refractivity contribution in [2.24, 2.45) is 0 Å². The van der Waals surface area contributed by atoms with Crippen LogP contribution in [0.25, 0.3) is 0 Å². The van der Waals surface area contributed by atoms with E-state index in [1.54, 1.807) is 11.8 Å². The van der Waals surface area contributed by atoms with E-state index in [1.807, 2.05) is 37.4 Å². The van der Waals surface area contributed by atoms with Crippen molar-refractivity contribution in [3.63, 3.8) is 0 Å². The highest BCUT2D eigenvalue weighted by Gasteiger charge is 2.13. The Morgan fingerprint density at radius 1 is 1.10 bits per heavy atom. The third-order valence-electron chi connectivity index (χ3n) is 3.09. The van der Waals surface area contributed by atoms with Crippen LogP contribution in [0.3, 0.4) is 0 Å². The number of rotatable bonds is 4. The highest BCUT2D eigenvalue weighted by Crippen LogP contribution is 2.19. The Hall–Kier alpha value is -1.88. The average Bonchev–Trinajstić information content (AvgIpc) is 2.46. The molecule has 110 valence electrons. The molecule has 0 spiro atoms. The molecule has 0 saturated carbocycles. The smallest absolute Gasteiger partial charge is 0.251 e. The van der Waals surface area contributed by atoms with Crippen LogP contribution in [0.4, 0.5) is 8.78 Å². The monoisotopic (exact) mass is 307 g/mol. The fraction of sp³-hybridized carbons (Fsp3) is 0.188. The topological polar surface area (TPSA) is 29.1 Å². The van der Waals surface area contributed by atoms with Gasteiger partial charge in [0.15, 0.2) is 0 Å². The van der Waals surface area contributed by atoms with Crippen LogP contribution in [0.15, 0.2) is 47.4 Å². The second-order valence-corrected chi connectivity index (χ2v) is 5.51. The maximum atomic E-state index is 13.1. The lowest BCUT2D eigenvalue weighted by Crippen LogP contribution is -2.26. The number of carbonyl (C=O) groups excluding carboxylic acids is 1. The van der Waals surface area contributed by atoms with Crippen LogP contribution in [-0.4, -0.2) is 12.2 Å². The Morgan fingerprint density at radius 3 is 2.19 bits per heavy atom. The number of hydrogen-bond donors (Lipinski definition) is 1. The van der Waals surface area contributed by atoms with Gasteiger partial charge in [-0.15, -0.1) is 11.8 Å². The zero-order valence-electron chi connectivity index (χ0n) is 11.7. The van der Waals surface area contributed by atoms with E-state index in [9.17, 15) is 13.6 Å². The molecule has 1 atom stereocenters. The molecule has 5 heteroatoms. The molecular weight excluding hydrogens is 292 g/mol. The number of carbonyl (C=O) groups is 1. The van der Waals surface area contributed by atoms with E-state index in [0.717, 1.165) is 28.7 Å². The van der Waals surface area contributed by atoms with Crippen molar-refractivity contribution in [1.29, 1.82) is 0 Å². The molecule has 2 aromatic carbocycles. The van der Waals surface area contributed by atoms with Crippen molar-refractivity contribution >= 4 is 17.7 Å². The van der Waals surface area contributed by atoms with E-state index < -0.39 is 17.5 Å². The van der Waals surface area contributed by atoms with Crippen LogP contribution in [0.1, 0.15) is 28.9 Å². The summed E-state index contributed by atoms with van der Waals surface area (Å²) in [4.78, 5) is 13.1. The second kappa shape index (κ2) is 6.72. The van der Waals surface area contributed by atoms with Crippen LogP contribution >= 0.6 is 11.8 Å². The van der Waals surface area contributed by atoms with Gasteiger partial charge in [-0.05, 0) is 43.0 Å². The largest absolute Gasteiger partial charge is 0.346 e. The van der Waals surface area contributed by atoms with Gasteiger partial charge in [-0.2, -0.15) is 0 Å². The standard InChI is InChI=1S/C16H15F2NOS/c1-10(11-3-5-15(21-2)6-4-11)19-16(20)12-7-13(17)9-14(18)8-12/h3-10H,1-2H3,(H,19,20)/t10-/m1/s1. The molecule has 2 aromatic rings. The van der Waals surface area contributed by atoms with Crippen LogP contribution in [0.5, 0.6) is 0 Å². The third kappa shape index (κ3) is 4.04. The van der Waals surface area contributed by atoms with Crippen LogP contribution in [0.2, 0.25) is 0 Å². The fourth-order valence-corrected chi connectivity index (χ4v) is 2.35. The number of amides is 1. The lowest BCUT2D eigenvalue weighted by atomic mass is 10.1. The predicted molar refractivity (Wildman–Crippen MR) is 80.5 cm³/mol. The summed E-state index contributed by atoms with van der Waals surface area (Å²) in [5, 5.41) is 2.73. The van der Waals surface area contributed by atoms with E-state index in [0.29, 0.717) is 0 Å². The van der Waals surface area contributed by atoms with Gasteiger partial charge in [0.1, 0.15) is 11.6 Å². The van der Waals surface area contributed by atoms with Crippen molar-refractivity contribution in [1.82, 2.24) is 5.32 Å². The molecule has 0 unspecified atom stereocenters. The molecule has 0 aliphatic rings. The first kappa shape index (κ1) is 15.5. The minimum Gasteiger partial charge on any atom is -0.346 e. The molecule has 21 heavy (non-hydrogen) atoms. The molecule has 0 aromatic heterocycles. The van der Waals surface area contributed by atoms with Gasteiger partial charge in [-0.1, -0.05) is 12.1 Å². The maximum Gasteiger partial charge on any atom is 0.251 e. The summed E-state index contributed by atoms with van der Waals surface area (Å²) < 4.78 is 26.2. The molecule has 0 aliphatic heterocycles. The summed E-state index contributed by atoms with van der Waals surface area (Å²) in [7, 11) is 0. The van der Waals surface area contributed by atoms with Crippen molar-refractivity contribution in [2.75, 3.05) is 6.26 Å². The Bertz CT molecular complexity index is 623. The molecule has 2 rings (SSSR count). The number of halogens is 2. The zero-order chi connectivity index (χ0) is 15.4. The zero-order valence-corrected chi connectivity index (χ0v) is 12.5. The molecule has 2 nitrogen and oxygen atoms in total. The lowest BCUT2D eigenvalue weighted by molar-refractivity contribution is 0.0939. The molecule has 1 amide bonds. The minimum atomic E-state index is -0.767. The summed E-state index contributed by atoms with van der Waals surface area (Å²) in [5.41, 5.74) is 0.901.